The topological polar surface area (TPSA) is 37.3 Å². The van der Waals surface area contributed by atoms with Gasteiger partial charge in [-0.1, -0.05) is 17.7 Å². The zero-order chi connectivity index (χ0) is 7.56. The van der Waals surface area contributed by atoms with E-state index >= 15 is 0 Å². The standard InChI is InChI=1S/C8H8O2.Ca.2H/c1-6-2-4-7(5-3-6)8(9)10;;;/h2-5H,1H3,(H,9,10);;;. The van der Waals surface area contributed by atoms with Crippen molar-refractivity contribution in [2.45, 2.75) is 6.92 Å². The van der Waals surface area contributed by atoms with Crippen LogP contribution in [0.2, 0.25) is 0 Å². The monoisotopic (exact) mass is 178 g/mol. The predicted molar refractivity (Wildman–Crippen MR) is 46.7 cm³/mol. The molecule has 0 radical (unpaired) electrons. The first-order chi connectivity index (χ1) is 4.70. The number of carboxylic acids is 1. The molecule has 0 fully saturated rings. The van der Waals surface area contributed by atoms with Gasteiger partial charge < -0.3 is 5.11 Å². The van der Waals surface area contributed by atoms with E-state index in [2.05, 4.69) is 0 Å². The molecule has 0 heterocycles. The second-order valence-corrected chi connectivity index (χ2v) is 2.17. The molecule has 0 saturated carbocycles. The first-order valence-electron chi connectivity index (χ1n) is 3.00. The van der Waals surface area contributed by atoms with Crippen LogP contribution in [-0.2, 0) is 0 Å². The van der Waals surface area contributed by atoms with E-state index in [1.165, 1.54) is 0 Å². The third-order valence-corrected chi connectivity index (χ3v) is 1.30. The molecule has 3 heteroatoms. The molecule has 0 saturated heterocycles. The number of benzene rings is 1. The second-order valence-electron chi connectivity index (χ2n) is 2.17. The summed E-state index contributed by atoms with van der Waals surface area (Å²) in [5.74, 6) is -0.875. The van der Waals surface area contributed by atoms with Crippen molar-refractivity contribution < 1.29 is 9.90 Å². The number of carboxylic acid groups (broad SMARTS) is 1. The number of carbonyl (C=O) groups is 1. The van der Waals surface area contributed by atoms with E-state index in [9.17, 15) is 4.79 Å². The SMILES string of the molecule is Cc1ccc(C(=O)O)cc1.[CaH2]. The summed E-state index contributed by atoms with van der Waals surface area (Å²) in [4.78, 5) is 10.3. The summed E-state index contributed by atoms with van der Waals surface area (Å²) in [7, 11) is 0. The van der Waals surface area contributed by atoms with E-state index in [4.69, 9.17) is 5.11 Å². The second kappa shape index (κ2) is 4.75. The number of rotatable bonds is 1. The first-order valence-corrected chi connectivity index (χ1v) is 3.00. The van der Waals surface area contributed by atoms with Gasteiger partial charge in [-0.25, -0.2) is 4.79 Å². The van der Waals surface area contributed by atoms with Crippen LogP contribution in [0.25, 0.3) is 0 Å². The molecule has 0 aliphatic carbocycles. The van der Waals surface area contributed by atoms with Crippen molar-refractivity contribution in [1.82, 2.24) is 0 Å². The van der Waals surface area contributed by atoms with Crippen molar-refractivity contribution in [1.29, 1.82) is 0 Å². The zero-order valence-electron chi connectivity index (χ0n) is 5.66. The molecule has 1 N–H and O–H groups in total. The molecule has 1 aromatic rings. The average Bonchev–Trinajstić information content (AvgIpc) is 1.88. The van der Waals surface area contributed by atoms with E-state index in [0.717, 1.165) is 5.56 Å². The summed E-state index contributed by atoms with van der Waals surface area (Å²) < 4.78 is 0. The summed E-state index contributed by atoms with van der Waals surface area (Å²) in [5.41, 5.74) is 1.41. The van der Waals surface area contributed by atoms with Crippen molar-refractivity contribution in [2.75, 3.05) is 0 Å². The molecule has 0 amide bonds. The van der Waals surface area contributed by atoms with Gasteiger partial charge in [0, 0.05) is 0 Å². The number of hydrogen-bond donors (Lipinski definition) is 1. The molecule has 0 aromatic heterocycles. The molecular formula is C8H10CaO2. The van der Waals surface area contributed by atoms with Crippen LogP contribution in [0.15, 0.2) is 24.3 Å². The van der Waals surface area contributed by atoms with Gasteiger partial charge >= 0.3 is 43.7 Å². The fraction of sp³-hybridized carbons (Fsp3) is 0.125. The maximum absolute atomic E-state index is 10.3. The Hall–Kier alpha value is -0.0503. The molecule has 0 spiro atoms. The Bertz CT molecular complexity index is 241. The maximum atomic E-state index is 10.3. The Balaban J connectivity index is 0.000001000. The van der Waals surface area contributed by atoms with Crippen LogP contribution in [0.4, 0.5) is 0 Å². The number of aromatic carboxylic acids is 1. The van der Waals surface area contributed by atoms with Gasteiger partial charge in [-0.15, -0.1) is 0 Å². The zero-order valence-corrected chi connectivity index (χ0v) is 5.66. The fourth-order valence-electron chi connectivity index (χ4n) is 0.696. The van der Waals surface area contributed by atoms with Gasteiger partial charge in [-0.05, 0) is 19.1 Å². The van der Waals surface area contributed by atoms with Gasteiger partial charge in [0.05, 0.1) is 5.56 Å². The Labute approximate surface area is 95.2 Å². The number of aryl methyl sites for hydroxylation is 1. The van der Waals surface area contributed by atoms with E-state index < -0.39 is 5.97 Å². The van der Waals surface area contributed by atoms with Crippen LogP contribution < -0.4 is 0 Å². The number of hydrogen-bond acceptors (Lipinski definition) is 1. The third-order valence-electron chi connectivity index (χ3n) is 1.30. The molecule has 1 rings (SSSR count). The summed E-state index contributed by atoms with van der Waals surface area (Å²) in [5, 5.41) is 8.48. The van der Waals surface area contributed by atoms with Crippen LogP contribution >= 0.6 is 0 Å². The van der Waals surface area contributed by atoms with Gasteiger partial charge in [-0.2, -0.15) is 0 Å². The van der Waals surface area contributed by atoms with Crippen molar-refractivity contribution in [3.05, 3.63) is 35.4 Å². The van der Waals surface area contributed by atoms with Gasteiger partial charge in [0.2, 0.25) is 0 Å². The molecule has 1 aromatic carbocycles. The normalized spacial score (nSPS) is 8.45. The minimum atomic E-state index is -0.875. The molecular weight excluding hydrogens is 168 g/mol. The molecule has 0 aliphatic heterocycles. The summed E-state index contributed by atoms with van der Waals surface area (Å²) in [6.07, 6.45) is 0. The van der Waals surface area contributed by atoms with Gasteiger partial charge in [-0.3, -0.25) is 0 Å². The Morgan fingerprint density at radius 3 is 2.09 bits per heavy atom. The van der Waals surface area contributed by atoms with Crippen molar-refractivity contribution in [3.8, 4) is 0 Å². The predicted octanol–water partition coefficient (Wildman–Crippen LogP) is 0.777. The summed E-state index contributed by atoms with van der Waals surface area (Å²) in [6, 6.07) is 6.75. The Morgan fingerprint density at radius 2 is 1.73 bits per heavy atom. The van der Waals surface area contributed by atoms with E-state index in [0.29, 0.717) is 5.56 Å². The van der Waals surface area contributed by atoms with Gasteiger partial charge in [0.15, 0.2) is 0 Å². The molecule has 0 bridgehead atoms. The quantitative estimate of drug-likeness (QED) is 0.645. The van der Waals surface area contributed by atoms with Crippen LogP contribution in [0.1, 0.15) is 15.9 Å². The van der Waals surface area contributed by atoms with Crippen LogP contribution in [0.3, 0.4) is 0 Å². The molecule has 0 atom stereocenters. The summed E-state index contributed by atoms with van der Waals surface area (Å²) >= 11 is 0. The third kappa shape index (κ3) is 3.23. The average molecular weight is 178 g/mol. The van der Waals surface area contributed by atoms with Gasteiger partial charge in [0.25, 0.3) is 0 Å². The van der Waals surface area contributed by atoms with E-state index in [1.54, 1.807) is 24.3 Å². The molecule has 0 unspecified atom stereocenters. The minimum absolute atomic E-state index is 0. The first kappa shape index (κ1) is 10.9. The Morgan fingerprint density at radius 1 is 1.27 bits per heavy atom. The van der Waals surface area contributed by atoms with E-state index in [-0.39, 0.29) is 37.7 Å². The van der Waals surface area contributed by atoms with Crippen molar-refractivity contribution in [3.63, 3.8) is 0 Å². The molecule has 56 valence electrons. The Kier molecular flexibility index (Phi) is 4.73. The van der Waals surface area contributed by atoms with Crippen LogP contribution in [0, 0.1) is 6.92 Å². The molecule has 0 aliphatic rings. The molecule has 2 nitrogen and oxygen atoms in total. The van der Waals surface area contributed by atoms with Crippen LogP contribution in [-0.4, -0.2) is 48.8 Å². The van der Waals surface area contributed by atoms with Crippen molar-refractivity contribution in [2.24, 2.45) is 0 Å². The summed E-state index contributed by atoms with van der Waals surface area (Å²) in [6.45, 7) is 1.92. The van der Waals surface area contributed by atoms with E-state index in [1.807, 2.05) is 6.92 Å². The molecule has 11 heavy (non-hydrogen) atoms. The fourth-order valence-corrected chi connectivity index (χ4v) is 0.696. The van der Waals surface area contributed by atoms with Gasteiger partial charge in [0.1, 0.15) is 0 Å². The van der Waals surface area contributed by atoms with Crippen molar-refractivity contribution >= 4 is 43.7 Å². The van der Waals surface area contributed by atoms with Crippen LogP contribution in [0.5, 0.6) is 0 Å².